The van der Waals surface area contributed by atoms with Gasteiger partial charge in [0.15, 0.2) is 0 Å². The second-order valence-electron chi connectivity index (χ2n) is 11.2. The molecule has 0 N–H and O–H groups in total. The normalized spacial score (nSPS) is 19.4. The van der Waals surface area contributed by atoms with Crippen LogP contribution in [-0.2, 0) is 17.8 Å². The van der Waals surface area contributed by atoms with Crippen molar-refractivity contribution in [2.75, 3.05) is 26.7 Å². The molecule has 1 saturated heterocycles. The number of carbonyl (C=O) groups is 1. The van der Waals surface area contributed by atoms with Crippen LogP contribution in [0.25, 0.3) is 11.1 Å². The topological polar surface area (TPSA) is 45.7 Å². The standard InChI is InChI=1S/C28H38FN3O2/c1-18-16-31(11-12-32(18)27(33)20-7-8-20)17-21-9-10-24(29)26(19(21)2)23-15-30-22(13-25(23)34-6)14-28(3,4)5/h9-10,13,15,18,20H,7-8,11-12,14,16-17H2,1-6H3. The summed E-state index contributed by atoms with van der Waals surface area (Å²) in [7, 11) is 1.63. The van der Waals surface area contributed by atoms with Crippen molar-refractivity contribution in [2.24, 2.45) is 11.3 Å². The molecule has 0 radical (unpaired) electrons. The van der Waals surface area contributed by atoms with Crippen LogP contribution >= 0.6 is 0 Å². The van der Waals surface area contributed by atoms with Crippen LogP contribution in [0.2, 0.25) is 0 Å². The molecule has 1 unspecified atom stereocenters. The Kier molecular flexibility index (Phi) is 6.99. The molecule has 1 aromatic carbocycles. The molecule has 2 fully saturated rings. The van der Waals surface area contributed by atoms with E-state index in [1.54, 1.807) is 19.4 Å². The van der Waals surface area contributed by atoms with Gasteiger partial charge in [-0.25, -0.2) is 4.39 Å². The van der Waals surface area contributed by atoms with E-state index in [0.717, 1.165) is 62.3 Å². The third kappa shape index (κ3) is 5.43. The lowest BCUT2D eigenvalue weighted by molar-refractivity contribution is -0.137. The Labute approximate surface area is 203 Å². The fraction of sp³-hybridized carbons (Fsp3) is 0.571. The van der Waals surface area contributed by atoms with Crippen molar-refractivity contribution in [3.8, 4) is 16.9 Å². The molecule has 2 aromatic rings. The molecular weight excluding hydrogens is 429 g/mol. The van der Waals surface area contributed by atoms with Gasteiger partial charge in [0.05, 0.1) is 7.11 Å². The number of amides is 1. The first-order valence-corrected chi connectivity index (χ1v) is 12.4. The third-order valence-electron chi connectivity index (χ3n) is 6.96. The molecule has 1 atom stereocenters. The van der Waals surface area contributed by atoms with Gasteiger partial charge in [-0.15, -0.1) is 0 Å². The summed E-state index contributed by atoms with van der Waals surface area (Å²) in [5.74, 6) is 0.962. The van der Waals surface area contributed by atoms with Gasteiger partial charge in [-0.1, -0.05) is 26.8 Å². The summed E-state index contributed by atoms with van der Waals surface area (Å²) in [4.78, 5) is 21.6. The maximum absolute atomic E-state index is 15.1. The number of methoxy groups -OCH3 is 1. The fourth-order valence-corrected chi connectivity index (χ4v) is 5.01. The van der Waals surface area contributed by atoms with E-state index in [0.29, 0.717) is 22.8 Å². The first kappa shape index (κ1) is 24.6. The van der Waals surface area contributed by atoms with Gasteiger partial charge in [0.1, 0.15) is 11.6 Å². The number of aromatic nitrogens is 1. The summed E-state index contributed by atoms with van der Waals surface area (Å²) >= 11 is 0. The molecule has 1 saturated carbocycles. The van der Waals surface area contributed by atoms with Gasteiger partial charge in [0.2, 0.25) is 5.91 Å². The lowest BCUT2D eigenvalue weighted by atomic mass is 9.89. The minimum Gasteiger partial charge on any atom is -0.496 e. The number of rotatable bonds is 6. The Morgan fingerprint density at radius 2 is 1.97 bits per heavy atom. The number of pyridine rings is 1. The van der Waals surface area contributed by atoms with E-state index in [2.05, 4.69) is 37.6 Å². The molecule has 4 rings (SSSR count). The number of ether oxygens (including phenoxy) is 1. The van der Waals surface area contributed by atoms with Gasteiger partial charge >= 0.3 is 0 Å². The zero-order chi connectivity index (χ0) is 24.6. The van der Waals surface area contributed by atoms with Crippen LogP contribution in [0.15, 0.2) is 24.4 Å². The molecule has 1 aliphatic heterocycles. The maximum Gasteiger partial charge on any atom is 0.226 e. The lowest BCUT2D eigenvalue weighted by Crippen LogP contribution is -2.54. The number of benzene rings is 1. The summed E-state index contributed by atoms with van der Waals surface area (Å²) in [5, 5.41) is 0. The molecule has 6 heteroatoms. The highest BCUT2D eigenvalue weighted by molar-refractivity contribution is 5.81. The lowest BCUT2D eigenvalue weighted by Gasteiger charge is -2.40. The minimum absolute atomic E-state index is 0.102. The van der Waals surface area contributed by atoms with Crippen molar-refractivity contribution in [1.29, 1.82) is 0 Å². The van der Waals surface area contributed by atoms with Crippen LogP contribution in [0.3, 0.4) is 0 Å². The van der Waals surface area contributed by atoms with Crippen molar-refractivity contribution in [3.63, 3.8) is 0 Å². The molecule has 0 spiro atoms. The summed E-state index contributed by atoms with van der Waals surface area (Å²) in [6.07, 6.45) is 4.65. The summed E-state index contributed by atoms with van der Waals surface area (Å²) in [5.41, 5.74) is 4.28. The van der Waals surface area contributed by atoms with Crippen LogP contribution in [0.1, 0.15) is 57.4 Å². The number of piperazine rings is 1. The highest BCUT2D eigenvalue weighted by Crippen LogP contribution is 2.37. The second kappa shape index (κ2) is 9.65. The molecule has 5 nitrogen and oxygen atoms in total. The van der Waals surface area contributed by atoms with Crippen LogP contribution in [-0.4, -0.2) is 53.5 Å². The average molecular weight is 468 g/mol. The fourth-order valence-electron chi connectivity index (χ4n) is 5.01. The van der Waals surface area contributed by atoms with Crippen molar-refractivity contribution in [3.05, 3.63) is 47.0 Å². The maximum atomic E-state index is 15.1. The van der Waals surface area contributed by atoms with Crippen LogP contribution in [0.5, 0.6) is 5.75 Å². The van der Waals surface area contributed by atoms with Gasteiger partial charge in [-0.05, 0) is 55.7 Å². The minimum atomic E-state index is -0.266. The van der Waals surface area contributed by atoms with Crippen LogP contribution in [0, 0.1) is 24.1 Å². The van der Waals surface area contributed by atoms with Crippen molar-refractivity contribution < 1.29 is 13.9 Å². The first-order chi connectivity index (χ1) is 16.1. The van der Waals surface area contributed by atoms with Gasteiger partial charge in [-0.3, -0.25) is 14.7 Å². The van der Waals surface area contributed by atoms with E-state index < -0.39 is 0 Å². The smallest absolute Gasteiger partial charge is 0.226 e. The van der Waals surface area contributed by atoms with E-state index in [-0.39, 0.29) is 23.2 Å². The van der Waals surface area contributed by atoms with E-state index in [9.17, 15) is 4.79 Å². The monoisotopic (exact) mass is 467 g/mol. The van der Waals surface area contributed by atoms with Crippen LogP contribution in [0.4, 0.5) is 4.39 Å². The largest absolute Gasteiger partial charge is 0.496 e. The predicted molar refractivity (Wildman–Crippen MR) is 133 cm³/mol. The highest BCUT2D eigenvalue weighted by atomic mass is 19.1. The first-order valence-electron chi connectivity index (χ1n) is 12.4. The SMILES string of the molecule is COc1cc(CC(C)(C)C)ncc1-c1c(F)ccc(CN2CCN(C(=O)C3CC3)C(C)C2)c1C. The Balaban J connectivity index is 1.55. The number of hydrogen-bond acceptors (Lipinski definition) is 4. The van der Waals surface area contributed by atoms with Gasteiger partial charge in [-0.2, -0.15) is 0 Å². The van der Waals surface area contributed by atoms with Crippen molar-refractivity contribution in [1.82, 2.24) is 14.8 Å². The second-order valence-corrected chi connectivity index (χ2v) is 11.2. The molecule has 1 aromatic heterocycles. The van der Waals surface area contributed by atoms with Gasteiger partial charge in [0, 0.05) is 67.2 Å². The predicted octanol–water partition coefficient (Wildman–Crippen LogP) is 5.24. The Bertz CT molecular complexity index is 1060. The zero-order valence-electron chi connectivity index (χ0n) is 21.4. The average Bonchev–Trinajstić information content (AvgIpc) is 3.61. The Morgan fingerprint density at radius 3 is 2.59 bits per heavy atom. The quantitative estimate of drug-likeness (QED) is 0.583. The number of nitrogens with zero attached hydrogens (tertiary/aromatic N) is 3. The molecular formula is C28H38FN3O2. The molecule has 184 valence electrons. The molecule has 34 heavy (non-hydrogen) atoms. The van der Waals surface area contributed by atoms with E-state index in [1.807, 2.05) is 24.0 Å². The molecule has 2 aliphatic rings. The van der Waals surface area contributed by atoms with Gasteiger partial charge < -0.3 is 9.64 Å². The third-order valence-corrected chi connectivity index (χ3v) is 6.96. The highest BCUT2D eigenvalue weighted by Gasteiger charge is 2.37. The van der Waals surface area contributed by atoms with Crippen molar-refractivity contribution >= 4 is 5.91 Å². The Morgan fingerprint density at radius 1 is 1.24 bits per heavy atom. The van der Waals surface area contributed by atoms with E-state index in [1.165, 1.54) is 0 Å². The van der Waals surface area contributed by atoms with Crippen molar-refractivity contribution in [2.45, 2.75) is 66.5 Å². The van der Waals surface area contributed by atoms with Gasteiger partial charge in [0.25, 0.3) is 0 Å². The number of hydrogen-bond donors (Lipinski definition) is 0. The van der Waals surface area contributed by atoms with E-state index >= 15 is 4.39 Å². The molecule has 2 heterocycles. The zero-order valence-corrected chi connectivity index (χ0v) is 21.4. The molecule has 1 amide bonds. The number of carbonyl (C=O) groups excluding carboxylic acids is 1. The number of halogens is 1. The summed E-state index contributed by atoms with van der Waals surface area (Å²) in [6, 6.07) is 5.57. The summed E-state index contributed by atoms with van der Waals surface area (Å²) in [6.45, 7) is 13.8. The Hall–Kier alpha value is -2.47. The summed E-state index contributed by atoms with van der Waals surface area (Å²) < 4.78 is 20.8. The molecule has 1 aliphatic carbocycles. The molecule has 0 bridgehead atoms. The van der Waals surface area contributed by atoms with E-state index in [4.69, 9.17) is 4.74 Å². The van der Waals surface area contributed by atoms with Crippen LogP contribution < -0.4 is 4.74 Å².